The number of benzene rings is 2. The average molecular weight is 322 g/mol. The third-order valence-electron chi connectivity index (χ3n) is 2.48. The molecule has 0 saturated carbocycles. The fraction of sp³-hybridized carbons (Fsp3) is 0.0769. The summed E-state index contributed by atoms with van der Waals surface area (Å²) < 4.78 is 5.17. The maximum Gasteiger partial charge on any atom is 0.138 e. The summed E-state index contributed by atoms with van der Waals surface area (Å²) >= 11 is 24.3. The molecule has 2 rings (SSSR count). The zero-order valence-corrected chi connectivity index (χ0v) is 12.3. The van der Waals surface area contributed by atoms with Gasteiger partial charge in [-0.25, -0.2) is 0 Å². The molecule has 0 aromatic heterocycles. The molecule has 0 spiro atoms. The van der Waals surface area contributed by atoms with E-state index in [1.165, 1.54) is 0 Å². The van der Waals surface area contributed by atoms with Crippen molar-refractivity contribution in [2.45, 2.75) is 0 Å². The van der Waals surface area contributed by atoms with E-state index in [1.54, 1.807) is 31.4 Å². The molecule has 0 fully saturated rings. The summed E-state index contributed by atoms with van der Waals surface area (Å²) in [5.74, 6) is 0.557. The van der Waals surface area contributed by atoms with Crippen molar-refractivity contribution >= 4 is 46.4 Å². The maximum atomic E-state index is 6.18. The van der Waals surface area contributed by atoms with Gasteiger partial charge < -0.3 is 4.74 Å². The quantitative estimate of drug-likeness (QED) is 0.618. The van der Waals surface area contributed by atoms with E-state index in [4.69, 9.17) is 51.1 Å². The van der Waals surface area contributed by atoms with Crippen LogP contribution in [0.15, 0.2) is 30.3 Å². The van der Waals surface area contributed by atoms with Gasteiger partial charge in [0.2, 0.25) is 0 Å². The van der Waals surface area contributed by atoms with Crippen LogP contribution in [0.4, 0.5) is 0 Å². The van der Waals surface area contributed by atoms with Crippen molar-refractivity contribution in [3.8, 4) is 16.9 Å². The molecular weight excluding hydrogens is 314 g/mol. The first kappa shape index (κ1) is 13.8. The SMILES string of the molecule is COc1cc(-c2c(Cl)ccc(Cl)c2Cl)ccc1Cl. The Kier molecular flexibility index (Phi) is 4.29. The maximum absolute atomic E-state index is 6.18. The lowest BCUT2D eigenvalue weighted by atomic mass is 10.1. The van der Waals surface area contributed by atoms with E-state index in [0.29, 0.717) is 31.4 Å². The van der Waals surface area contributed by atoms with Gasteiger partial charge in [-0.05, 0) is 29.8 Å². The Hall–Kier alpha value is -0.600. The fourth-order valence-corrected chi connectivity index (χ4v) is 2.55. The number of hydrogen-bond donors (Lipinski definition) is 0. The molecule has 0 aliphatic carbocycles. The van der Waals surface area contributed by atoms with E-state index >= 15 is 0 Å². The minimum Gasteiger partial charge on any atom is -0.495 e. The molecule has 1 nitrogen and oxygen atoms in total. The standard InChI is InChI=1S/C13H8Cl4O/c1-18-11-6-7(2-3-8(11)14)12-9(15)4-5-10(16)13(12)17/h2-6H,1H3. The molecular formula is C13H8Cl4O. The summed E-state index contributed by atoms with van der Waals surface area (Å²) in [5.41, 5.74) is 1.47. The predicted octanol–water partition coefficient (Wildman–Crippen LogP) is 5.98. The average Bonchev–Trinajstić information content (AvgIpc) is 2.36. The largest absolute Gasteiger partial charge is 0.495 e. The van der Waals surface area contributed by atoms with Gasteiger partial charge in [0.25, 0.3) is 0 Å². The lowest BCUT2D eigenvalue weighted by Gasteiger charge is -2.11. The van der Waals surface area contributed by atoms with E-state index in [-0.39, 0.29) is 0 Å². The molecule has 0 radical (unpaired) electrons. The molecule has 0 heterocycles. The van der Waals surface area contributed by atoms with E-state index in [9.17, 15) is 0 Å². The van der Waals surface area contributed by atoms with Gasteiger partial charge in [-0.2, -0.15) is 0 Å². The van der Waals surface area contributed by atoms with Crippen LogP contribution in [0.1, 0.15) is 0 Å². The van der Waals surface area contributed by atoms with E-state index in [2.05, 4.69) is 0 Å². The topological polar surface area (TPSA) is 9.23 Å². The van der Waals surface area contributed by atoms with Gasteiger partial charge >= 0.3 is 0 Å². The van der Waals surface area contributed by atoms with Crippen LogP contribution in [0.25, 0.3) is 11.1 Å². The van der Waals surface area contributed by atoms with Crippen molar-refractivity contribution in [2.24, 2.45) is 0 Å². The number of methoxy groups -OCH3 is 1. The fourth-order valence-electron chi connectivity index (χ4n) is 1.61. The Morgan fingerprint density at radius 1 is 0.833 bits per heavy atom. The molecule has 5 heteroatoms. The third-order valence-corrected chi connectivity index (χ3v) is 3.92. The van der Waals surface area contributed by atoms with Gasteiger partial charge in [0.15, 0.2) is 0 Å². The third kappa shape index (κ3) is 2.55. The van der Waals surface area contributed by atoms with Crippen molar-refractivity contribution in [1.29, 1.82) is 0 Å². The van der Waals surface area contributed by atoms with Crippen LogP contribution in [0.3, 0.4) is 0 Å². The Balaban J connectivity index is 2.65. The molecule has 0 aliphatic rings. The Morgan fingerprint density at radius 3 is 2.11 bits per heavy atom. The number of ether oxygens (including phenoxy) is 1. The van der Waals surface area contributed by atoms with Crippen molar-refractivity contribution < 1.29 is 4.74 Å². The van der Waals surface area contributed by atoms with Crippen LogP contribution in [-0.2, 0) is 0 Å². The first-order valence-electron chi connectivity index (χ1n) is 5.02. The monoisotopic (exact) mass is 320 g/mol. The second kappa shape index (κ2) is 5.58. The molecule has 0 saturated heterocycles. The summed E-state index contributed by atoms with van der Waals surface area (Å²) in [5, 5.41) is 1.91. The molecule has 0 amide bonds. The molecule has 0 bridgehead atoms. The molecule has 94 valence electrons. The normalized spacial score (nSPS) is 10.5. The van der Waals surface area contributed by atoms with Gasteiger partial charge in [-0.15, -0.1) is 0 Å². The Labute approximate surface area is 125 Å². The minimum atomic E-state index is 0.411. The van der Waals surface area contributed by atoms with Crippen LogP contribution < -0.4 is 4.74 Å². The number of halogens is 4. The highest BCUT2D eigenvalue weighted by Gasteiger charge is 2.13. The highest BCUT2D eigenvalue weighted by molar-refractivity contribution is 6.46. The van der Waals surface area contributed by atoms with Gasteiger partial charge in [0.05, 0.1) is 22.2 Å². The zero-order chi connectivity index (χ0) is 13.3. The summed E-state index contributed by atoms with van der Waals surface area (Å²) in [6.45, 7) is 0. The first-order valence-corrected chi connectivity index (χ1v) is 6.53. The second-order valence-electron chi connectivity index (χ2n) is 3.57. The van der Waals surface area contributed by atoms with Gasteiger partial charge in [-0.1, -0.05) is 52.5 Å². The van der Waals surface area contributed by atoms with Gasteiger partial charge in [-0.3, -0.25) is 0 Å². The summed E-state index contributed by atoms with van der Waals surface area (Å²) in [6.07, 6.45) is 0. The summed E-state index contributed by atoms with van der Waals surface area (Å²) in [4.78, 5) is 0. The van der Waals surface area contributed by atoms with Crippen LogP contribution in [0.2, 0.25) is 20.1 Å². The highest BCUT2D eigenvalue weighted by atomic mass is 35.5. The van der Waals surface area contributed by atoms with Gasteiger partial charge in [0, 0.05) is 10.6 Å². The Morgan fingerprint density at radius 2 is 1.44 bits per heavy atom. The summed E-state index contributed by atoms with van der Waals surface area (Å²) in [7, 11) is 1.55. The molecule has 2 aromatic carbocycles. The number of rotatable bonds is 2. The van der Waals surface area contributed by atoms with Crippen LogP contribution in [0.5, 0.6) is 5.75 Å². The minimum absolute atomic E-state index is 0.411. The summed E-state index contributed by atoms with van der Waals surface area (Å²) in [6, 6.07) is 8.67. The van der Waals surface area contributed by atoms with Gasteiger partial charge in [0.1, 0.15) is 5.75 Å². The molecule has 0 N–H and O–H groups in total. The van der Waals surface area contributed by atoms with Crippen LogP contribution in [-0.4, -0.2) is 7.11 Å². The predicted molar refractivity (Wildman–Crippen MR) is 78.5 cm³/mol. The van der Waals surface area contributed by atoms with Crippen molar-refractivity contribution in [1.82, 2.24) is 0 Å². The zero-order valence-electron chi connectivity index (χ0n) is 9.31. The lowest BCUT2D eigenvalue weighted by Crippen LogP contribution is -1.87. The smallest absolute Gasteiger partial charge is 0.138 e. The van der Waals surface area contributed by atoms with Crippen LogP contribution in [0, 0.1) is 0 Å². The van der Waals surface area contributed by atoms with E-state index in [0.717, 1.165) is 5.56 Å². The van der Waals surface area contributed by atoms with Crippen molar-refractivity contribution in [3.63, 3.8) is 0 Å². The van der Waals surface area contributed by atoms with Crippen molar-refractivity contribution in [2.75, 3.05) is 7.11 Å². The van der Waals surface area contributed by atoms with E-state index < -0.39 is 0 Å². The van der Waals surface area contributed by atoms with Crippen LogP contribution >= 0.6 is 46.4 Å². The molecule has 0 unspecified atom stereocenters. The van der Waals surface area contributed by atoms with E-state index in [1.807, 2.05) is 6.07 Å². The Bertz CT molecular complexity index is 596. The molecule has 18 heavy (non-hydrogen) atoms. The molecule has 0 atom stereocenters. The second-order valence-corrected chi connectivity index (χ2v) is 5.17. The molecule has 0 aliphatic heterocycles. The number of hydrogen-bond acceptors (Lipinski definition) is 1. The van der Waals surface area contributed by atoms with Crippen molar-refractivity contribution in [3.05, 3.63) is 50.4 Å². The highest BCUT2D eigenvalue weighted by Crippen LogP contribution is 2.41. The lowest BCUT2D eigenvalue weighted by molar-refractivity contribution is 0.415. The first-order chi connectivity index (χ1) is 8.54. The molecule has 2 aromatic rings.